The molecule has 4 aromatic rings. The smallest absolute Gasteiger partial charge is 0.326 e. The molecule has 5 rings (SSSR count). The van der Waals surface area contributed by atoms with E-state index in [0.29, 0.717) is 22.3 Å². The number of aliphatic carboxylic acids is 1. The fourth-order valence-electron chi connectivity index (χ4n) is 5.55. The molecular formula is C34H34ClN3O3. The van der Waals surface area contributed by atoms with E-state index in [1.54, 1.807) is 24.3 Å². The number of aromatic nitrogens is 2. The number of carboxylic acid groups (broad SMARTS) is 1. The first-order chi connectivity index (χ1) is 19.9. The molecule has 7 heteroatoms. The molecule has 0 unspecified atom stereocenters. The molecule has 210 valence electrons. The van der Waals surface area contributed by atoms with E-state index in [9.17, 15) is 14.7 Å². The van der Waals surface area contributed by atoms with Gasteiger partial charge in [-0.1, -0.05) is 73.5 Å². The first kappa shape index (κ1) is 28.5. The van der Waals surface area contributed by atoms with Gasteiger partial charge in [0.05, 0.1) is 0 Å². The highest BCUT2D eigenvalue weighted by atomic mass is 35.5. The van der Waals surface area contributed by atoms with Crippen LogP contribution in [0.25, 0.3) is 22.5 Å². The number of nitrogens with one attached hydrogen (secondary N) is 1. The highest BCUT2D eigenvalue weighted by molar-refractivity contribution is 6.30. The first-order valence-corrected chi connectivity index (χ1v) is 14.6. The fraction of sp³-hybridized carbons (Fsp3) is 0.294. The second-order valence-electron chi connectivity index (χ2n) is 10.8. The van der Waals surface area contributed by atoms with Crippen molar-refractivity contribution in [1.29, 1.82) is 0 Å². The standard InChI is InChI=1S/C34H34ClN3O3/c1-2-22-3-7-24(8-4-22)25-11-13-26(14-12-25)29-20-36-32(37-21-29)27-9-5-23(6-10-27)19-31(34(40)41)38-33(39)28-15-17-30(35)18-16-28/h5-6,9-18,20-22,24,31H,2-4,7-8,19H2,1H3,(H,38,39)(H,40,41)/t22-,24-,31-/m0/s1. The van der Waals surface area contributed by atoms with Crippen molar-refractivity contribution in [2.24, 2.45) is 5.92 Å². The first-order valence-electron chi connectivity index (χ1n) is 14.2. The van der Waals surface area contributed by atoms with Crippen molar-refractivity contribution in [1.82, 2.24) is 15.3 Å². The van der Waals surface area contributed by atoms with Gasteiger partial charge in [0.2, 0.25) is 0 Å². The molecule has 2 N–H and O–H groups in total. The van der Waals surface area contributed by atoms with Gasteiger partial charge in [0, 0.05) is 40.5 Å². The minimum absolute atomic E-state index is 0.144. The highest BCUT2D eigenvalue weighted by Crippen LogP contribution is 2.37. The average molecular weight is 568 g/mol. The number of carbonyl (C=O) groups excluding carboxylic acids is 1. The SMILES string of the molecule is CC[C@H]1CC[C@H](c2ccc(-c3cnc(-c4ccc(C[C@H](NC(=O)c5ccc(Cl)cc5)C(=O)O)cc4)nc3)cc2)CC1. The zero-order chi connectivity index (χ0) is 28.8. The third kappa shape index (κ3) is 7.19. The van der Waals surface area contributed by atoms with Crippen molar-refractivity contribution in [2.45, 2.75) is 57.4 Å². The van der Waals surface area contributed by atoms with Crippen LogP contribution in [-0.2, 0) is 11.2 Å². The third-order valence-electron chi connectivity index (χ3n) is 8.15. The van der Waals surface area contributed by atoms with Gasteiger partial charge < -0.3 is 10.4 Å². The molecule has 1 heterocycles. The van der Waals surface area contributed by atoms with Gasteiger partial charge in [-0.05, 0) is 78.5 Å². The maximum absolute atomic E-state index is 12.5. The second kappa shape index (κ2) is 13.1. The Balaban J connectivity index is 1.20. The van der Waals surface area contributed by atoms with E-state index in [1.807, 2.05) is 36.7 Å². The van der Waals surface area contributed by atoms with Crippen molar-refractivity contribution in [2.75, 3.05) is 0 Å². The molecule has 1 amide bonds. The number of carbonyl (C=O) groups is 2. The minimum Gasteiger partial charge on any atom is -0.480 e. The maximum Gasteiger partial charge on any atom is 0.326 e. The van der Waals surface area contributed by atoms with Crippen LogP contribution in [0.5, 0.6) is 0 Å². The monoisotopic (exact) mass is 567 g/mol. The third-order valence-corrected chi connectivity index (χ3v) is 8.41. The summed E-state index contributed by atoms with van der Waals surface area (Å²) in [4.78, 5) is 33.5. The van der Waals surface area contributed by atoms with Crippen molar-refractivity contribution in [3.8, 4) is 22.5 Å². The highest BCUT2D eigenvalue weighted by Gasteiger charge is 2.22. The van der Waals surface area contributed by atoms with E-state index in [2.05, 4.69) is 46.5 Å². The zero-order valence-corrected chi connectivity index (χ0v) is 23.8. The summed E-state index contributed by atoms with van der Waals surface area (Å²) in [7, 11) is 0. The summed E-state index contributed by atoms with van der Waals surface area (Å²) < 4.78 is 0. The molecule has 6 nitrogen and oxygen atoms in total. The summed E-state index contributed by atoms with van der Waals surface area (Å²) in [5, 5.41) is 12.8. The molecule has 1 aliphatic carbocycles. The van der Waals surface area contributed by atoms with Gasteiger partial charge in [0.25, 0.3) is 5.91 Å². The Bertz CT molecular complexity index is 1460. The lowest BCUT2D eigenvalue weighted by molar-refractivity contribution is -0.139. The molecule has 1 fully saturated rings. The Morgan fingerprint density at radius 2 is 1.46 bits per heavy atom. The Morgan fingerprint density at radius 3 is 2.05 bits per heavy atom. The van der Waals surface area contributed by atoms with Crippen molar-refractivity contribution in [3.05, 3.63) is 107 Å². The van der Waals surface area contributed by atoms with Crippen LogP contribution in [0.3, 0.4) is 0 Å². The molecule has 1 aliphatic rings. The number of rotatable bonds is 9. The van der Waals surface area contributed by atoms with Crippen LogP contribution in [-0.4, -0.2) is 33.0 Å². The van der Waals surface area contributed by atoms with Crippen LogP contribution < -0.4 is 5.32 Å². The molecule has 0 bridgehead atoms. The molecule has 0 radical (unpaired) electrons. The zero-order valence-electron chi connectivity index (χ0n) is 23.1. The summed E-state index contributed by atoms with van der Waals surface area (Å²) >= 11 is 5.87. The van der Waals surface area contributed by atoms with Crippen molar-refractivity contribution in [3.63, 3.8) is 0 Å². The minimum atomic E-state index is -1.10. The van der Waals surface area contributed by atoms with Gasteiger partial charge in [0.1, 0.15) is 6.04 Å². The van der Waals surface area contributed by atoms with E-state index < -0.39 is 17.9 Å². The summed E-state index contributed by atoms with van der Waals surface area (Å²) in [6.45, 7) is 2.30. The predicted octanol–water partition coefficient (Wildman–Crippen LogP) is 7.57. The van der Waals surface area contributed by atoms with Gasteiger partial charge in [-0.2, -0.15) is 0 Å². The van der Waals surface area contributed by atoms with Crippen LogP contribution in [0.15, 0.2) is 85.2 Å². The lowest BCUT2D eigenvalue weighted by Crippen LogP contribution is -2.42. The topological polar surface area (TPSA) is 92.2 Å². The van der Waals surface area contributed by atoms with E-state index in [4.69, 9.17) is 11.6 Å². The maximum atomic E-state index is 12.5. The van der Waals surface area contributed by atoms with Crippen LogP contribution >= 0.6 is 11.6 Å². The van der Waals surface area contributed by atoms with Crippen molar-refractivity contribution < 1.29 is 14.7 Å². The summed E-state index contributed by atoms with van der Waals surface area (Å²) in [5.41, 5.74) is 5.44. The summed E-state index contributed by atoms with van der Waals surface area (Å²) in [5.74, 6) is 0.585. The number of hydrogen-bond donors (Lipinski definition) is 2. The van der Waals surface area contributed by atoms with E-state index in [1.165, 1.54) is 37.7 Å². The van der Waals surface area contributed by atoms with Gasteiger partial charge >= 0.3 is 5.97 Å². The van der Waals surface area contributed by atoms with Crippen LogP contribution in [0.1, 0.15) is 66.4 Å². The Morgan fingerprint density at radius 1 is 0.854 bits per heavy atom. The quantitative estimate of drug-likeness (QED) is 0.217. The molecule has 0 spiro atoms. The normalized spacial score (nSPS) is 17.5. The van der Waals surface area contributed by atoms with Gasteiger partial charge in [0.15, 0.2) is 5.82 Å². The second-order valence-corrected chi connectivity index (χ2v) is 11.3. The van der Waals surface area contributed by atoms with Crippen molar-refractivity contribution >= 4 is 23.5 Å². The van der Waals surface area contributed by atoms with Crippen LogP contribution in [0, 0.1) is 5.92 Å². The fourth-order valence-corrected chi connectivity index (χ4v) is 5.67. The number of benzene rings is 3. The van der Waals surface area contributed by atoms with Gasteiger partial charge in [-0.3, -0.25) is 4.79 Å². The number of halogens is 1. The molecule has 1 aromatic heterocycles. The molecule has 0 aliphatic heterocycles. The lowest BCUT2D eigenvalue weighted by Gasteiger charge is -2.28. The number of carboxylic acids is 1. The van der Waals surface area contributed by atoms with E-state index in [0.717, 1.165) is 28.2 Å². The summed E-state index contributed by atoms with van der Waals surface area (Å²) in [6, 6.07) is 21.5. The molecular weight excluding hydrogens is 534 g/mol. The average Bonchev–Trinajstić information content (AvgIpc) is 3.01. The van der Waals surface area contributed by atoms with Gasteiger partial charge in [-0.15, -0.1) is 0 Å². The van der Waals surface area contributed by atoms with Gasteiger partial charge in [-0.25, -0.2) is 14.8 Å². The molecule has 1 atom stereocenters. The molecule has 0 saturated heterocycles. The predicted molar refractivity (Wildman–Crippen MR) is 162 cm³/mol. The molecule has 1 saturated carbocycles. The Labute approximate surface area is 245 Å². The number of amides is 1. The largest absolute Gasteiger partial charge is 0.480 e. The van der Waals surface area contributed by atoms with Crippen LogP contribution in [0.2, 0.25) is 5.02 Å². The van der Waals surface area contributed by atoms with Crippen LogP contribution in [0.4, 0.5) is 0 Å². The lowest BCUT2D eigenvalue weighted by atomic mass is 9.78. The number of nitrogens with zero attached hydrogens (tertiary/aromatic N) is 2. The Hall–Kier alpha value is -4.03. The van der Waals surface area contributed by atoms with E-state index >= 15 is 0 Å². The molecule has 41 heavy (non-hydrogen) atoms. The molecule has 3 aromatic carbocycles. The summed E-state index contributed by atoms with van der Waals surface area (Å²) in [6.07, 6.45) is 10.3. The number of hydrogen-bond acceptors (Lipinski definition) is 4. The Kier molecular flexibility index (Phi) is 9.10. The van der Waals surface area contributed by atoms with E-state index in [-0.39, 0.29) is 6.42 Å².